The average molecular weight is 525 g/mol. The molecule has 0 aliphatic carbocycles. The van der Waals surface area contributed by atoms with Crippen molar-refractivity contribution in [1.29, 1.82) is 0 Å². The van der Waals surface area contributed by atoms with Crippen LogP contribution in [0.2, 0.25) is 0 Å². The van der Waals surface area contributed by atoms with Crippen molar-refractivity contribution in [2.45, 2.75) is 44.7 Å². The number of rotatable bonds is 7. The van der Waals surface area contributed by atoms with Gasteiger partial charge in [0, 0.05) is 20.1 Å². The average Bonchev–Trinajstić information content (AvgIpc) is 3.26. The smallest absolute Gasteiger partial charge is 0.350 e. The number of amides is 2. The van der Waals surface area contributed by atoms with Gasteiger partial charge >= 0.3 is 6.18 Å². The van der Waals surface area contributed by atoms with Gasteiger partial charge in [0.25, 0.3) is 5.91 Å². The second-order valence-electron chi connectivity index (χ2n) is 9.47. The van der Waals surface area contributed by atoms with Gasteiger partial charge in [0.2, 0.25) is 12.1 Å². The summed E-state index contributed by atoms with van der Waals surface area (Å²) in [6.45, 7) is 3.59. The van der Waals surface area contributed by atoms with E-state index in [9.17, 15) is 22.8 Å². The molecule has 1 fully saturated rings. The molecule has 2 aromatic rings. The topological polar surface area (TPSA) is 80.8 Å². The molecule has 8 nitrogen and oxygen atoms in total. The van der Waals surface area contributed by atoms with E-state index in [-0.39, 0.29) is 34.2 Å². The van der Waals surface area contributed by atoms with E-state index in [4.69, 9.17) is 0 Å². The maximum absolute atomic E-state index is 14.1. The second kappa shape index (κ2) is 10.6. The Morgan fingerprint density at radius 2 is 1.86 bits per heavy atom. The number of anilines is 2. The minimum Gasteiger partial charge on any atom is -0.350 e. The Kier molecular flexibility index (Phi) is 7.74. The molecule has 2 aliphatic heterocycles. The number of nitrogens with zero attached hydrogens (tertiary/aromatic N) is 4. The molecule has 1 unspecified atom stereocenters. The summed E-state index contributed by atoms with van der Waals surface area (Å²) in [5, 5.41) is 6.13. The van der Waals surface area contributed by atoms with E-state index in [0.29, 0.717) is 6.54 Å². The van der Waals surface area contributed by atoms with E-state index in [1.54, 1.807) is 6.92 Å². The number of fused-ring (bicyclic) bond motifs is 1. The van der Waals surface area contributed by atoms with Crippen LogP contribution in [0.4, 0.5) is 23.3 Å². The van der Waals surface area contributed by atoms with Gasteiger partial charge in [-0.25, -0.2) is 4.98 Å². The molecule has 2 atom stereocenters. The highest BCUT2D eigenvalue weighted by Crippen LogP contribution is 2.42. The van der Waals surface area contributed by atoms with Crippen LogP contribution >= 0.6 is 11.3 Å². The molecule has 1 aromatic carbocycles. The van der Waals surface area contributed by atoms with E-state index >= 15 is 0 Å². The standard InChI is InChI=1S/C24H31F3N6O2S/c1-15(19(34)28-13-16-7-5-4-6-8-16)29-23-30-18-20(35)33(14-17-9-11-31(2)12-10-17)22(24(25,26)27)32(3)21(18)36-23/h4-8,15,17,22H,9-14H2,1-3H3,(H,28,34)(H,29,30)/t15-,22?/m1/s1. The number of piperidine rings is 1. The molecular weight excluding hydrogens is 493 g/mol. The number of carbonyl (C=O) groups is 2. The first-order valence-corrected chi connectivity index (χ1v) is 12.7. The number of alkyl halides is 3. The fourth-order valence-corrected chi connectivity index (χ4v) is 5.64. The maximum Gasteiger partial charge on any atom is 0.427 e. The number of likely N-dealkylation sites (tertiary alicyclic amines) is 1. The number of hydrogen-bond donors (Lipinski definition) is 2. The summed E-state index contributed by atoms with van der Waals surface area (Å²) in [6, 6.07) is 8.72. The fourth-order valence-electron chi connectivity index (χ4n) is 4.61. The fraction of sp³-hybridized carbons (Fsp3) is 0.542. The van der Waals surface area contributed by atoms with E-state index in [2.05, 4.69) is 20.5 Å². The van der Waals surface area contributed by atoms with Crippen LogP contribution in [-0.2, 0) is 11.3 Å². The predicted octanol–water partition coefficient (Wildman–Crippen LogP) is 3.38. The zero-order valence-electron chi connectivity index (χ0n) is 20.5. The largest absolute Gasteiger partial charge is 0.427 e. The van der Waals surface area contributed by atoms with E-state index < -0.39 is 24.3 Å². The third-order valence-corrected chi connectivity index (χ3v) is 7.76. The Balaban J connectivity index is 1.48. The Hall–Kier alpha value is -2.86. The summed E-state index contributed by atoms with van der Waals surface area (Å²) in [6.07, 6.45) is -5.21. The summed E-state index contributed by atoms with van der Waals surface area (Å²) >= 11 is 0.945. The van der Waals surface area contributed by atoms with Gasteiger partial charge in [-0.05, 0) is 51.4 Å². The lowest BCUT2D eigenvalue weighted by molar-refractivity contribution is -0.178. The van der Waals surface area contributed by atoms with Crippen LogP contribution in [0.15, 0.2) is 30.3 Å². The highest BCUT2D eigenvalue weighted by Gasteiger charge is 2.53. The van der Waals surface area contributed by atoms with Crippen molar-refractivity contribution in [3.63, 3.8) is 0 Å². The number of halogens is 3. The lowest BCUT2D eigenvalue weighted by Gasteiger charge is -2.44. The number of carbonyl (C=O) groups excluding carboxylic acids is 2. The van der Waals surface area contributed by atoms with Crippen LogP contribution in [0.25, 0.3) is 0 Å². The van der Waals surface area contributed by atoms with Crippen LogP contribution in [0.1, 0.15) is 35.8 Å². The number of hydrogen-bond acceptors (Lipinski definition) is 7. The quantitative estimate of drug-likeness (QED) is 0.578. The molecule has 2 N–H and O–H groups in total. The lowest BCUT2D eigenvalue weighted by Crippen LogP contribution is -2.61. The van der Waals surface area contributed by atoms with Crippen LogP contribution in [0, 0.1) is 5.92 Å². The van der Waals surface area contributed by atoms with Crippen molar-refractivity contribution >= 4 is 33.3 Å². The highest BCUT2D eigenvalue weighted by molar-refractivity contribution is 7.20. The Bertz CT molecular complexity index is 1070. The van der Waals surface area contributed by atoms with E-state index in [1.165, 1.54) is 7.05 Å². The summed E-state index contributed by atoms with van der Waals surface area (Å²) in [5.74, 6) is -1.02. The molecule has 0 bridgehead atoms. The Labute approximate surface area is 212 Å². The normalized spacial score (nSPS) is 20.3. The van der Waals surface area contributed by atoms with Crippen molar-refractivity contribution < 1.29 is 22.8 Å². The van der Waals surface area contributed by atoms with E-state index in [0.717, 1.165) is 52.6 Å². The molecule has 36 heavy (non-hydrogen) atoms. The molecule has 0 saturated carbocycles. The minimum atomic E-state index is -4.63. The molecule has 0 radical (unpaired) electrons. The van der Waals surface area contributed by atoms with Crippen molar-refractivity contribution in [1.82, 2.24) is 20.1 Å². The van der Waals surface area contributed by atoms with Crippen molar-refractivity contribution in [2.75, 3.05) is 43.9 Å². The van der Waals surface area contributed by atoms with Crippen molar-refractivity contribution in [3.05, 3.63) is 41.6 Å². The molecule has 196 valence electrons. The third-order valence-electron chi connectivity index (χ3n) is 6.68. The number of benzene rings is 1. The number of nitrogens with one attached hydrogen (secondary N) is 2. The second-order valence-corrected chi connectivity index (χ2v) is 10.5. The van der Waals surface area contributed by atoms with Gasteiger partial charge in [-0.2, -0.15) is 13.2 Å². The molecule has 2 aliphatic rings. The number of thiazole rings is 1. The summed E-state index contributed by atoms with van der Waals surface area (Å²) in [5.41, 5.74) is 0.924. The van der Waals surface area contributed by atoms with Gasteiger partial charge in [0.05, 0.1) is 0 Å². The first-order chi connectivity index (χ1) is 17.0. The van der Waals surface area contributed by atoms with Crippen molar-refractivity contribution in [2.24, 2.45) is 5.92 Å². The zero-order valence-corrected chi connectivity index (χ0v) is 21.3. The van der Waals surface area contributed by atoms with Crippen LogP contribution < -0.4 is 15.5 Å². The van der Waals surface area contributed by atoms with Gasteiger partial charge < -0.3 is 25.3 Å². The SMILES string of the molecule is C[C@@H](Nc1nc2c(s1)N(C)C(C(F)(F)F)N(CC1CCN(C)CC1)C2=O)C(=O)NCc1ccccc1. The molecule has 2 amide bonds. The molecule has 12 heteroatoms. The van der Waals surface area contributed by atoms with E-state index in [1.807, 2.05) is 37.4 Å². The first kappa shape index (κ1) is 26.2. The zero-order chi connectivity index (χ0) is 26.0. The third kappa shape index (κ3) is 5.75. The van der Waals surface area contributed by atoms with Crippen LogP contribution in [0.5, 0.6) is 0 Å². The molecular formula is C24H31F3N6O2S. The summed E-state index contributed by atoms with van der Waals surface area (Å²) in [7, 11) is 3.32. The van der Waals surface area contributed by atoms with Gasteiger partial charge in [-0.3, -0.25) is 9.59 Å². The predicted molar refractivity (Wildman–Crippen MR) is 133 cm³/mol. The maximum atomic E-state index is 14.1. The molecule has 4 rings (SSSR count). The lowest BCUT2D eigenvalue weighted by atomic mass is 9.95. The Morgan fingerprint density at radius 1 is 1.19 bits per heavy atom. The van der Waals surface area contributed by atoms with Gasteiger partial charge in [0.15, 0.2) is 10.8 Å². The summed E-state index contributed by atoms with van der Waals surface area (Å²) < 4.78 is 42.4. The molecule has 1 aromatic heterocycles. The molecule has 1 saturated heterocycles. The first-order valence-electron chi connectivity index (χ1n) is 11.9. The monoisotopic (exact) mass is 524 g/mol. The Morgan fingerprint density at radius 3 is 2.50 bits per heavy atom. The summed E-state index contributed by atoms with van der Waals surface area (Å²) in [4.78, 5) is 34.3. The number of aromatic nitrogens is 1. The minimum absolute atomic E-state index is 0.00508. The molecule has 3 heterocycles. The highest BCUT2D eigenvalue weighted by atomic mass is 32.1. The van der Waals surface area contributed by atoms with Gasteiger partial charge in [0.1, 0.15) is 11.0 Å². The van der Waals surface area contributed by atoms with Gasteiger partial charge in [-0.15, -0.1) is 0 Å². The van der Waals surface area contributed by atoms with Gasteiger partial charge in [-0.1, -0.05) is 41.7 Å². The van der Waals surface area contributed by atoms with Crippen molar-refractivity contribution in [3.8, 4) is 0 Å². The van der Waals surface area contributed by atoms with Crippen LogP contribution in [0.3, 0.4) is 0 Å². The van der Waals surface area contributed by atoms with Crippen LogP contribution in [-0.4, -0.2) is 78.7 Å². The molecule has 0 spiro atoms.